The molecule has 1 amide bonds. The highest BCUT2D eigenvalue weighted by Crippen LogP contribution is 2.33. The van der Waals surface area contributed by atoms with Gasteiger partial charge in [0, 0.05) is 26.8 Å². The lowest BCUT2D eigenvalue weighted by Crippen LogP contribution is -2.33. The Labute approximate surface area is 153 Å². The Morgan fingerprint density at radius 1 is 1.23 bits per heavy atom. The number of benzene rings is 1. The molecule has 1 saturated heterocycles. The van der Waals surface area contributed by atoms with Crippen molar-refractivity contribution >= 4 is 22.8 Å². The Kier molecular flexibility index (Phi) is 4.32. The van der Waals surface area contributed by atoms with Crippen LogP contribution in [0.25, 0.3) is 11.0 Å². The molecule has 6 nitrogen and oxygen atoms in total. The molecule has 134 valence electrons. The number of para-hydroxylation sites is 2. The first-order valence-electron chi connectivity index (χ1n) is 8.96. The van der Waals surface area contributed by atoms with Gasteiger partial charge in [0.1, 0.15) is 12.4 Å². The van der Waals surface area contributed by atoms with Gasteiger partial charge in [-0.25, -0.2) is 9.97 Å². The van der Waals surface area contributed by atoms with E-state index in [4.69, 9.17) is 0 Å². The summed E-state index contributed by atoms with van der Waals surface area (Å²) in [6, 6.07) is 12.1. The summed E-state index contributed by atoms with van der Waals surface area (Å²) in [5, 5.41) is 0. The van der Waals surface area contributed by atoms with E-state index in [1.807, 2.05) is 65.0 Å². The van der Waals surface area contributed by atoms with E-state index >= 15 is 0 Å². The number of rotatable bonds is 4. The average Bonchev–Trinajstić information content (AvgIpc) is 3.29. The molecule has 1 aliphatic heterocycles. The van der Waals surface area contributed by atoms with E-state index in [9.17, 15) is 4.79 Å². The molecule has 1 aromatic carbocycles. The quantitative estimate of drug-likeness (QED) is 0.727. The van der Waals surface area contributed by atoms with Gasteiger partial charge in [0.2, 0.25) is 5.91 Å². The summed E-state index contributed by atoms with van der Waals surface area (Å²) in [6.45, 7) is 1.12. The summed E-state index contributed by atoms with van der Waals surface area (Å²) in [6.07, 6.45) is 5.60. The van der Waals surface area contributed by atoms with E-state index in [0.29, 0.717) is 6.54 Å². The highest BCUT2D eigenvalue weighted by Gasteiger charge is 2.30. The van der Waals surface area contributed by atoms with Gasteiger partial charge in [-0.15, -0.1) is 0 Å². The van der Waals surface area contributed by atoms with Crippen LogP contribution in [0.15, 0.2) is 48.9 Å². The number of anilines is 1. The van der Waals surface area contributed by atoms with Crippen LogP contribution in [0.1, 0.15) is 24.4 Å². The molecular formula is C20H23N5O. The van der Waals surface area contributed by atoms with E-state index in [-0.39, 0.29) is 11.9 Å². The monoisotopic (exact) mass is 349 g/mol. The summed E-state index contributed by atoms with van der Waals surface area (Å²) in [4.78, 5) is 25.8. The number of carbonyl (C=O) groups is 1. The average molecular weight is 349 g/mol. The molecule has 0 aliphatic carbocycles. The van der Waals surface area contributed by atoms with Crippen LogP contribution in [0.2, 0.25) is 0 Å². The molecule has 4 rings (SSSR count). The van der Waals surface area contributed by atoms with Crippen molar-refractivity contribution in [3.05, 3.63) is 54.5 Å². The second-order valence-electron chi connectivity index (χ2n) is 6.95. The maximum Gasteiger partial charge on any atom is 0.243 e. The molecule has 0 N–H and O–H groups in total. The Morgan fingerprint density at radius 3 is 2.92 bits per heavy atom. The maximum absolute atomic E-state index is 13.0. The van der Waals surface area contributed by atoms with Crippen molar-refractivity contribution in [1.82, 2.24) is 19.4 Å². The molecule has 0 spiro atoms. The molecule has 3 aromatic rings. The topological polar surface area (TPSA) is 54.3 Å². The Morgan fingerprint density at radius 2 is 2.08 bits per heavy atom. The van der Waals surface area contributed by atoms with Gasteiger partial charge in [-0.3, -0.25) is 4.79 Å². The molecule has 1 aliphatic rings. The van der Waals surface area contributed by atoms with Crippen LogP contribution in [0, 0.1) is 0 Å². The number of pyridine rings is 1. The Bertz CT molecular complexity index is 933. The summed E-state index contributed by atoms with van der Waals surface area (Å²) in [7, 11) is 3.96. The third kappa shape index (κ3) is 3.03. The molecule has 26 heavy (non-hydrogen) atoms. The van der Waals surface area contributed by atoms with Crippen molar-refractivity contribution in [2.45, 2.75) is 25.4 Å². The third-order valence-corrected chi connectivity index (χ3v) is 5.02. The summed E-state index contributed by atoms with van der Waals surface area (Å²) in [5.41, 5.74) is 3.07. The molecule has 3 heterocycles. The fourth-order valence-electron chi connectivity index (χ4n) is 3.67. The van der Waals surface area contributed by atoms with E-state index in [1.165, 1.54) is 0 Å². The highest BCUT2D eigenvalue weighted by atomic mass is 16.2. The number of carbonyl (C=O) groups excluding carboxylic acids is 1. The van der Waals surface area contributed by atoms with Crippen LogP contribution in [-0.4, -0.2) is 46.0 Å². The first-order chi connectivity index (χ1) is 12.6. The number of amides is 1. The van der Waals surface area contributed by atoms with Gasteiger partial charge in [0.25, 0.3) is 0 Å². The van der Waals surface area contributed by atoms with E-state index in [1.54, 1.807) is 6.33 Å². The lowest BCUT2D eigenvalue weighted by molar-refractivity contribution is -0.132. The SMILES string of the molecule is CN(C)c1cc(C2CCCN2C(=O)Cn2cnc3ccccc32)ccn1. The summed E-state index contributed by atoms with van der Waals surface area (Å²) >= 11 is 0. The third-order valence-electron chi connectivity index (χ3n) is 5.02. The first kappa shape index (κ1) is 16.6. The van der Waals surface area contributed by atoms with Gasteiger partial charge in [0.05, 0.1) is 23.4 Å². The lowest BCUT2D eigenvalue weighted by atomic mass is 10.1. The molecular weight excluding hydrogens is 326 g/mol. The largest absolute Gasteiger partial charge is 0.363 e. The minimum absolute atomic E-state index is 0.124. The smallest absolute Gasteiger partial charge is 0.243 e. The normalized spacial score (nSPS) is 17.0. The van der Waals surface area contributed by atoms with Crippen LogP contribution >= 0.6 is 0 Å². The lowest BCUT2D eigenvalue weighted by Gasteiger charge is -2.26. The van der Waals surface area contributed by atoms with Gasteiger partial charge in [0.15, 0.2) is 0 Å². The molecule has 1 fully saturated rings. The van der Waals surface area contributed by atoms with E-state index in [2.05, 4.69) is 16.0 Å². The van der Waals surface area contributed by atoms with Crippen LogP contribution < -0.4 is 4.90 Å². The van der Waals surface area contributed by atoms with Crippen LogP contribution in [0.5, 0.6) is 0 Å². The number of aromatic nitrogens is 3. The minimum Gasteiger partial charge on any atom is -0.363 e. The summed E-state index contributed by atoms with van der Waals surface area (Å²) < 4.78 is 1.94. The van der Waals surface area contributed by atoms with Crippen molar-refractivity contribution in [2.75, 3.05) is 25.5 Å². The molecule has 1 unspecified atom stereocenters. The zero-order chi connectivity index (χ0) is 18.1. The number of likely N-dealkylation sites (tertiary alicyclic amines) is 1. The van der Waals surface area contributed by atoms with Gasteiger partial charge < -0.3 is 14.4 Å². The molecule has 2 aromatic heterocycles. The van der Waals surface area contributed by atoms with Crippen molar-refractivity contribution in [1.29, 1.82) is 0 Å². The zero-order valence-electron chi connectivity index (χ0n) is 15.2. The predicted molar refractivity (Wildman–Crippen MR) is 102 cm³/mol. The molecule has 0 radical (unpaired) electrons. The van der Waals surface area contributed by atoms with Crippen molar-refractivity contribution in [3.8, 4) is 0 Å². The van der Waals surface area contributed by atoms with Crippen molar-refractivity contribution in [2.24, 2.45) is 0 Å². The standard InChI is InChI=1S/C20H23N5O/c1-23(2)19-12-15(9-10-21-19)17-8-5-11-25(17)20(26)13-24-14-22-16-6-3-4-7-18(16)24/h3-4,6-7,9-10,12,14,17H,5,8,11,13H2,1-2H3. The molecule has 0 bridgehead atoms. The number of fused-ring (bicyclic) bond motifs is 1. The highest BCUT2D eigenvalue weighted by molar-refractivity contribution is 5.81. The molecule has 1 atom stereocenters. The van der Waals surface area contributed by atoms with E-state index in [0.717, 1.165) is 41.8 Å². The van der Waals surface area contributed by atoms with Gasteiger partial charge in [-0.2, -0.15) is 0 Å². The fourth-order valence-corrected chi connectivity index (χ4v) is 3.67. The van der Waals surface area contributed by atoms with Gasteiger partial charge in [-0.1, -0.05) is 12.1 Å². The fraction of sp³-hybridized carbons (Fsp3) is 0.350. The van der Waals surface area contributed by atoms with E-state index < -0.39 is 0 Å². The predicted octanol–water partition coefficient (Wildman–Crippen LogP) is 2.86. The number of hydrogen-bond donors (Lipinski definition) is 0. The number of nitrogens with zero attached hydrogens (tertiary/aromatic N) is 5. The van der Waals surface area contributed by atoms with Crippen LogP contribution in [-0.2, 0) is 11.3 Å². The van der Waals surface area contributed by atoms with Crippen LogP contribution in [0.4, 0.5) is 5.82 Å². The summed E-state index contributed by atoms with van der Waals surface area (Å²) in [5.74, 6) is 1.06. The number of hydrogen-bond acceptors (Lipinski definition) is 4. The molecule has 6 heteroatoms. The zero-order valence-corrected chi connectivity index (χ0v) is 15.2. The molecule has 0 saturated carbocycles. The van der Waals surface area contributed by atoms with Gasteiger partial charge in [-0.05, 0) is 42.7 Å². The minimum atomic E-state index is 0.124. The Hall–Kier alpha value is -2.89. The second kappa shape index (κ2) is 6.78. The maximum atomic E-state index is 13.0. The van der Waals surface area contributed by atoms with Crippen molar-refractivity contribution in [3.63, 3.8) is 0 Å². The first-order valence-corrected chi connectivity index (χ1v) is 8.96. The second-order valence-corrected chi connectivity index (χ2v) is 6.95. The number of imidazole rings is 1. The van der Waals surface area contributed by atoms with Crippen LogP contribution in [0.3, 0.4) is 0 Å². The van der Waals surface area contributed by atoms with Gasteiger partial charge >= 0.3 is 0 Å². The van der Waals surface area contributed by atoms with Crippen molar-refractivity contribution < 1.29 is 4.79 Å². The Balaban J connectivity index is 1.56.